The van der Waals surface area contributed by atoms with E-state index in [9.17, 15) is 9.18 Å². The van der Waals surface area contributed by atoms with E-state index in [0.717, 1.165) is 28.3 Å². The molecule has 33 heavy (non-hydrogen) atoms. The fourth-order valence-electron chi connectivity index (χ4n) is 4.75. The monoisotopic (exact) mass is 466 g/mol. The number of aromatic nitrogens is 4. The molecule has 10 heteroatoms. The lowest BCUT2D eigenvalue weighted by Gasteiger charge is -2.53. The maximum atomic E-state index is 15.2. The van der Waals surface area contributed by atoms with Crippen LogP contribution in [0.25, 0.3) is 15.9 Å². The van der Waals surface area contributed by atoms with Gasteiger partial charge >= 0.3 is 0 Å². The fourth-order valence-corrected chi connectivity index (χ4v) is 5.77. The number of amides is 1. The van der Waals surface area contributed by atoms with Crippen molar-refractivity contribution in [2.45, 2.75) is 19.4 Å². The Hall–Kier alpha value is -3.40. The van der Waals surface area contributed by atoms with E-state index in [-0.39, 0.29) is 23.3 Å². The number of anilines is 1. The van der Waals surface area contributed by atoms with Crippen LogP contribution in [0.2, 0.25) is 0 Å². The summed E-state index contributed by atoms with van der Waals surface area (Å²) in [6, 6.07) is 7.86. The predicted octanol–water partition coefficient (Wildman–Crippen LogP) is 3.81. The van der Waals surface area contributed by atoms with Crippen molar-refractivity contribution in [1.82, 2.24) is 24.9 Å². The standard InChI is InChI=1S/C23H20F2N6OS/c1-13-2-5-17(31-26-7-8-27-31)20(21(13)25)22(32)30-11-14-6-9-29(12-18(14)30)23-28-16-4-3-15(24)10-19(16)33-23/h2-5,7-8,10,14,18H,6,9,11-12H2,1H3/t14?,18-/m1/s1. The second-order valence-corrected chi connectivity index (χ2v) is 9.55. The molecule has 4 aromatic rings. The Morgan fingerprint density at radius 1 is 1.12 bits per heavy atom. The summed E-state index contributed by atoms with van der Waals surface area (Å²) >= 11 is 1.45. The molecule has 2 aliphatic rings. The Bertz CT molecular complexity index is 1370. The smallest absolute Gasteiger partial charge is 0.259 e. The molecule has 2 fully saturated rings. The molecule has 4 heterocycles. The summed E-state index contributed by atoms with van der Waals surface area (Å²) < 4.78 is 29.6. The molecule has 0 N–H and O–H groups in total. The number of aryl methyl sites for hydroxylation is 1. The van der Waals surface area contributed by atoms with Crippen LogP contribution in [0.1, 0.15) is 22.3 Å². The van der Waals surface area contributed by atoms with Crippen LogP contribution in [0.15, 0.2) is 42.7 Å². The molecule has 0 radical (unpaired) electrons. The molecule has 2 aromatic heterocycles. The van der Waals surface area contributed by atoms with Crippen LogP contribution in [-0.2, 0) is 0 Å². The molecular weight excluding hydrogens is 446 g/mol. The van der Waals surface area contributed by atoms with Gasteiger partial charge in [0.2, 0.25) is 0 Å². The maximum absolute atomic E-state index is 15.2. The van der Waals surface area contributed by atoms with E-state index < -0.39 is 5.82 Å². The van der Waals surface area contributed by atoms with Crippen molar-refractivity contribution < 1.29 is 13.6 Å². The van der Waals surface area contributed by atoms with E-state index in [1.54, 1.807) is 30.0 Å². The summed E-state index contributed by atoms with van der Waals surface area (Å²) in [7, 11) is 0. The number of rotatable bonds is 3. The van der Waals surface area contributed by atoms with Crippen LogP contribution < -0.4 is 4.90 Å². The van der Waals surface area contributed by atoms with Crippen molar-refractivity contribution >= 4 is 32.6 Å². The summed E-state index contributed by atoms with van der Waals surface area (Å²) in [6.07, 6.45) is 3.91. The zero-order chi connectivity index (χ0) is 22.7. The van der Waals surface area contributed by atoms with E-state index in [2.05, 4.69) is 20.1 Å². The van der Waals surface area contributed by atoms with Crippen LogP contribution in [0.5, 0.6) is 0 Å². The Morgan fingerprint density at radius 3 is 2.76 bits per heavy atom. The molecule has 7 nitrogen and oxygen atoms in total. The lowest BCUT2D eigenvalue weighted by Crippen LogP contribution is -2.66. The SMILES string of the molecule is Cc1ccc(-n2nccn2)c(C(=O)N2CC3CCN(c4nc5ccc(F)cc5s4)C[C@H]32)c1F. The van der Waals surface area contributed by atoms with E-state index in [1.165, 1.54) is 40.7 Å². The van der Waals surface area contributed by atoms with Crippen molar-refractivity contribution in [3.05, 3.63) is 65.5 Å². The molecule has 2 aromatic carbocycles. The molecule has 0 saturated carbocycles. The van der Waals surface area contributed by atoms with Gasteiger partial charge in [-0.05, 0) is 43.2 Å². The number of piperidine rings is 1. The van der Waals surface area contributed by atoms with Gasteiger partial charge in [-0.1, -0.05) is 17.4 Å². The highest BCUT2D eigenvalue weighted by Gasteiger charge is 2.46. The number of carbonyl (C=O) groups excluding carboxylic acids is 1. The highest BCUT2D eigenvalue weighted by molar-refractivity contribution is 7.22. The molecule has 2 aliphatic heterocycles. The minimum atomic E-state index is -0.542. The molecule has 0 aliphatic carbocycles. The normalized spacial score (nSPS) is 20.1. The number of carbonyl (C=O) groups is 1. The average molecular weight is 467 g/mol. The Labute approximate surface area is 192 Å². The summed E-state index contributed by atoms with van der Waals surface area (Å²) in [5, 5.41) is 9.00. The number of halogens is 2. The average Bonchev–Trinajstić information content (AvgIpc) is 3.46. The van der Waals surface area contributed by atoms with Gasteiger partial charge in [-0.25, -0.2) is 13.8 Å². The highest BCUT2D eigenvalue weighted by Crippen LogP contribution is 2.38. The van der Waals surface area contributed by atoms with Gasteiger partial charge in [-0.2, -0.15) is 15.0 Å². The second kappa shape index (κ2) is 7.58. The highest BCUT2D eigenvalue weighted by atomic mass is 32.1. The van der Waals surface area contributed by atoms with Crippen LogP contribution in [-0.4, -0.2) is 56.5 Å². The Morgan fingerprint density at radius 2 is 1.94 bits per heavy atom. The van der Waals surface area contributed by atoms with Crippen LogP contribution in [0.3, 0.4) is 0 Å². The lowest BCUT2D eigenvalue weighted by atomic mass is 9.81. The van der Waals surface area contributed by atoms with Crippen LogP contribution in [0.4, 0.5) is 13.9 Å². The number of thiazole rings is 1. The first-order chi connectivity index (χ1) is 16.0. The fraction of sp³-hybridized carbons (Fsp3) is 0.304. The van der Waals surface area contributed by atoms with Gasteiger partial charge in [0, 0.05) is 25.6 Å². The summed E-state index contributed by atoms with van der Waals surface area (Å²) in [5.41, 5.74) is 1.49. The number of hydrogen-bond donors (Lipinski definition) is 0. The van der Waals surface area contributed by atoms with Crippen molar-refractivity contribution in [3.63, 3.8) is 0 Å². The van der Waals surface area contributed by atoms with Gasteiger partial charge in [0.25, 0.3) is 5.91 Å². The molecule has 1 amide bonds. The van der Waals surface area contributed by atoms with Gasteiger partial charge in [-0.15, -0.1) is 0 Å². The molecule has 168 valence electrons. The van der Waals surface area contributed by atoms with Crippen molar-refractivity contribution in [3.8, 4) is 5.69 Å². The zero-order valence-electron chi connectivity index (χ0n) is 17.8. The summed E-state index contributed by atoms with van der Waals surface area (Å²) in [5.74, 6) is -0.803. The minimum Gasteiger partial charge on any atom is -0.346 e. The first-order valence-electron chi connectivity index (χ1n) is 10.8. The van der Waals surface area contributed by atoms with E-state index in [4.69, 9.17) is 0 Å². The van der Waals surface area contributed by atoms with Gasteiger partial charge in [0.15, 0.2) is 5.13 Å². The molecular formula is C23H20F2N6OS. The first-order valence-corrected chi connectivity index (χ1v) is 11.6. The van der Waals surface area contributed by atoms with Crippen LogP contribution in [0, 0.1) is 24.5 Å². The molecule has 0 bridgehead atoms. The number of likely N-dealkylation sites (tertiary alicyclic amines) is 1. The quantitative estimate of drug-likeness (QED) is 0.459. The molecule has 6 rings (SSSR count). The molecule has 1 unspecified atom stereocenters. The van der Waals surface area contributed by atoms with Gasteiger partial charge < -0.3 is 9.80 Å². The van der Waals surface area contributed by atoms with Gasteiger partial charge in [-0.3, -0.25) is 4.79 Å². The number of hydrogen-bond acceptors (Lipinski definition) is 6. The predicted molar refractivity (Wildman–Crippen MR) is 121 cm³/mol. The van der Waals surface area contributed by atoms with E-state index in [1.807, 2.05) is 0 Å². The van der Waals surface area contributed by atoms with Gasteiger partial charge in [0.05, 0.1) is 28.7 Å². The third-order valence-corrected chi connectivity index (χ3v) is 7.66. The maximum Gasteiger partial charge on any atom is 0.259 e. The third-order valence-electron chi connectivity index (χ3n) is 6.58. The minimum absolute atomic E-state index is 0.00256. The van der Waals surface area contributed by atoms with E-state index >= 15 is 4.39 Å². The Kier molecular flexibility index (Phi) is 4.65. The number of nitrogens with zero attached hydrogens (tertiary/aromatic N) is 6. The topological polar surface area (TPSA) is 67.2 Å². The van der Waals surface area contributed by atoms with Crippen molar-refractivity contribution in [1.29, 1.82) is 0 Å². The third kappa shape index (κ3) is 3.28. The second-order valence-electron chi connectivity index (χ2n) is 8.54. The Balaban J connectivity index is 1.29. The summed E-state index contributed by atoms with van der Waals surface area (Å²) in [6.45, 7) is 3.68. The summed E-state index contributed by atoms with van der Waals surface area (Å²) in [4.78, 5) is 23.4. The number of fused-ring (bicyclic) bond motifs is 2. The number of benzene rings is 2. The van der Waals surface area contributed by atoms with Crippen molar-refractivity contribution in [2.24, 2.45) is 5.92 Å². The zero-order valence-corrected chi connectivity index (χ0v) is 18.6. The molecule has 2 atom stereocenters. The first kappa shape index (κ1) is 20.2. The largest absolute Gasteiger partial charge is 0.346 e. The molecule has 0 spiro atoms. The molecule has 2 saturated heterocycles. The van der Waals surface area contributed by atoms with Gasteiger partial charge in [0.1, 0.15) is 22.9 Å². The van der Waals surface area contributed by atoms with E-state index in [0.29, 0.717) is 30.3 Å². The lowest BCUT2D eigenvalue weighted by molar-refractivity contribution is 0.00750. The van der Waals surface area contributed by atoms with Crippen molar-refractivity contribution in [2.75, 3.05) is 24.5 Å². The van der Waals surface area contributed by atoms with Crippen LogP contribution >= 0.6 is 11.3 Å².